The highest BCUT2D eigenvalue weighted by Gasteiger charge is 2.29. The van der Waals surface area contributed by atoms with Gasteiger partial charge in [-0.15, -0.1) is 0 Å². The standard InChI is InChI=1S/C13H14BrF3/c14-10-4-2-1-3-5-11-6-8-12(9-7-11)13(15,16)17/h1-2,6-9H,3-5,10H2/b2-1+. The van der Waals surface area contributed by atoms with Gasteiger partial charge in [0.2, 0.25) is 0 Å². The summed E-state index contributed by atoms with van der Waals surface area (Å²) in [6, 6.07) is 5.36. The van der Waals surface area contributed by atoms with Gasteiger partial charge < -0.3 is 0 Å². The van der Waals surface area contributed by atoms with Crippen LogP contribution in [0.2, 0.25) is 0 Å². The monoisotopic (exact) mass is 306 g/mol. The predicted molar refractivity (Wildman–Crippen MR) is 67.3 cm³/mol. The van der Waals surface area contributed by atoms with Gasteiger partial charge in [-0.1, -0.05) is 40.2 Å². The van der Waals surface area contributed by atoms with E-state index in [9.17, 15) is 13.2 Å². The van der Waals surface area contributed by atoms with Gasteiger partial charge in [-0.3, -0.25) is 0 Å². The van der Waals surface area contributed by atoms with Gasteiger partial charge in [0.05, 0.1) is 5.56 Å². The molecule has 0 aliphatic heterocycles. The van der Waals surface area contributed by atoms with Crippen LogP contribution in [0, 0.1) is 0 Å². The molecule has 1 rings (SSSR count). The van der Waals surface area contributed by atoms with E-state index in [2.05, 4.69) is 28.1 Å². The van der Waals surface area contributed by atoms with Crippen LogP contribution in [0.1, 0.15) is 24.0 Å². The zero-order valence-electron chi connectivity index (χ0n) is 9.30. The third kappa shape index (κ3) is 5.39. The summed E-state index contributed by atoms with van der Waals surface area (Å²) in [7, 11) is 0. The quantitative estimate of drug-likeness (QED) is 0.531. The van der Waals surface area contributed by atoms with Crippen LogP contribution in [0.5, 0.6) is 0 Å². The van der Waals surface area contributed by atoms with E-state index in [1.54, 1.807) is 12.1 Å². The lowest BCUT2D eigenvalue weighted by Gasteiger charge is -2.06. The number of aryl methyl sites for hydroxylation is 1. The lowest BCUT2D eigenvalue weighted by Crippen LogP contribution is -2.04. The molecule has 0 atom stereocenters. The third-order valence-corrected chi connectivity index (χ3v) is 2.78. The molecule has 0 bridgehead atoms. The molecule has 0 fully saturated rings. The molecule has 17 heavy (non-hydrogen) atoms. The molecule has 0 saturated heterocycles. The van der Waals surface area contributed by atoms with Gasteiger partial charge in [-0.25, -0.2) is 0 Å². The number of rotatable bonds is 5. The van der Waals surface area contributed by atoms with E-state index in [1.807, 2.05) is 0 Å². The number of hydrogen-bond acceptors (Lipinski definition) is 0. The Balaban J connectivity index is 2.46. The number of alkyl halides is 4. The summed E-state index contributed by atoms with van der Waals surface area (Å²) in [5.41, 5.74) is 0.345. The van der Waals surface area contributed by atoms with E-state index in [0.717, 1.165) is 42.3 Å². The molecule has 0 N–H and O–H groups in total. The molecule has 1 aromatic rings. The molecule has 4 heteroatoms. The molecule has 0 unspecified atom stereocenters. The van der Waals surface area contributed by atoms with Gasteiger partial charge in [0.1, 0.15) is 0 Å². The Morgan fingerprint density at radius 1 is 1.00 bits per heavy atom. The van der Waals surface area contributed by atoms with Gasteiger partial charge in [-0.2, -0.15) is 13.2 Å². The van der Waals surface area contributed by atoms with Crippen molar-refractivity contribution in [3.63, 3.8) is 0 Å². The molecule has 0 heterocycles. The summed E-state index contributed by atoms with van der Waals surface area (Å²) in [6.45, 7) is 0. The van der Waals surface area contributed by atoms with Crippen LogP contribution in [-0.2, 0) is 12.6 Å². The highest BCUT2D eigenvalue weighted by atomic mass is 79.9. The molecule has 1 aromatic carbocycles. The van der Waals surface area contributed by atoms with E-state index in [-0.39, 0.29) is 0 Å². The van der Waals surface area contributed by atoms with Crippen LogP contribution in [0.3, 0.4) is 0 Å². The van der Waals surface area contributed by atoms with Crippen LogP contribution in [0.15, 0.2) is 36.4 Å². The summed E-state index contributed by atoms with van der Waals surface area (Å²) < 4.78 is 36.9. The van der Waals surface area contributed by atoms with Crippen LogP contribution in [-0.4, -0.2) is 5.33 Å². The maximum Gasteiger partial charge on any atom is 0.416 e. The van der Waals surface area contributed by atoms with Crippen molar-refractivity contribution in [3.05, 3.63) is 47.5 Å². The SMILES string of the molecule is FC(F)(F)c1ccc(CC/C=C/CCBr)cc1. The Morgan fingerprint density at radius 2 is 1.59 bits per heavy atom. The second-order valence-electron chi connectivity index (χ2n) is 3.68. The number of halogens is 4. The topological polar surface area (TPSA) is 0 Å². The van der Waals surface area contributed by atoms with E-state index in [0.29, 0.717) is 0 Å². The third-order valence-electron chi connectivity index (χ3n) is 2.32. The average molecular weight is 307 g/mol. The van der Waals surface area contributed by atoms with Crippen molar-refractivity contribution in [1.82, 2.24) is 0 Å². The minimum absolute atomic E-state index is 0.587. The van der Waals surface area contributed by atoms with Gasteiger partial charge in [0.25, 0.3) is 0 Å². The highest BCUT2D eigenvalue weighted by Crippen LogP contribution is 2.29. The highest BCUT2D eigenvalue weighted by molar-refractivity contribution is 9.09. The first kappa shape index (κ1) is 14.3. The zero-order valence-corrected chi connectivity index (χ0v) is 10.9. The Labute approximate surface area is 108 Å². The van der Waals surface area contributed by atoms with E-state index in [4.69, 9.17) is 0 Å². The van der Waals surface area contributed by atoms with Crippen molar-refractivity contribution in [3.8, 4) is 0 Å². The van der Waals surface area contributed by atoms with E-state index >= 15 is 0 Å². The smallest absolute Gasteiger partial charge is 0.166 e. The summed E-state index contributed by atoms with van der Waals surface area (Å²) in [6.07, 6.45) is 2.49. The summed E-state index contributed by atoms with van der Waals surface area (Å²) in [5.74, 6) is 0. The second-order valence-corrected chi connectivity index (χ2v) is 4.48. The summed E-state index contributed by atoms with van der Waals surface area (Å²) >= 11 is 3.32. The van der Waals surface area contributed by atoms with Crippen molar-refractivity contribution in [2.24, 2.45) is 0 Å². The summed E-state index contributed by atoms with van der Waals surface area (Å²) in [5, 5.41) is 0.934. The fourth-order valence-corrected chi connectivity index (χ4v) is 1.67. The average Bonchev–Trinajstić information content (AvgIpc) is 2.28. The zero-order chi connectivity index (χ0) is 12.7. The maximum absolute atomic E-state index is 12.3. The fraction of sp³-hybridized carbons (Fsp3) is 0.385. The van der Waals surface area contributed by atoms with E-state index < -0.39 is 11.7 Å². The minimum Gasteiger partial charge on any atom is -0.166 e. The molecule has 0 spiro atoms. The number of benzene rings is 1. The molecule has 0 radical (unpaired) electrons. The van der Waals surface area contributed by atoms with Gasteiger partial charge in [0, 0.05) is 5.33 Å². The van der Waals surface area contributed by atoms with Crippen LogP contribution >= 0.6 is 15.9 Å². The molecular weight excluding hydrogens is 293 g/mol. The molecule has 0 saturated carbocycles. The fourth-order valence-electron chi connectivity index (χ4n) is 1.41. The Kier molecular flexibility index (Phi) is 5.75. The lowest BCUT2D eigenvalue weighted by atomic mass is 10.1. The van der Waals surface area contributed by atoms with E-state index in [1.165, 1.54) is 0 Å². The van der Waals surface area contributed by atoms with Crippen molar-refractivity contribution >= 4 is 15.9 Å². The second kappa shape index (κ2) is 6.84. The van der Waals surface area contributed by atoms with Gasteiger partial charge >= 0.3 is 6.18 Å². The molecule has 0 aliphatic carbocycles. The first-order valence-electron chi connectivity index (χ1n) is 5.41. The Morgan fingerprint density at radius 3 is 2.12 bits per heavy atom. The molecule has 94 valence electrons. The molecular formula is C13H14BrF3. The van der Waals surface area contributed by atoms with Crippen LogP contribution in [0.4, 0.5) is 13.2 Å². The number of hydrogen-bond donors (Lipinski definition) is 0. The van der Waals surface area contributed by atoms with Gasteiger partial charge in [0.15, 0.2) is 0 Å². The van der Waals surface area contributed by atoms with Crippen LogP contribution in [0.25, 0.3) is 0 Å². The largest absolute Gasteiger partial charge is 0.416 e. The number of allylic oxidation sites excluding steroid dienone is 2. The Bertz CT molecular complexity index is 352. The molecule has 0 amide bonds. The molecule has 0 nitrogen and oxygen atoms in total. The van der Waals surface area contributed by atoms with Gasteiger partial charge in [-0.05, 0) is 37.0 Å². The predicted octanol–water partition coefficient (Wildman–Crippen LogP) is 4.98. The van der Waals surface area contributed by atoms with Crippen molar-refractivity contribution in [2.75, 3.05) is 5.33 Å². The first-order chi connectivity index (χ1) is 8.04. The van der Waals surface area contributed by atoms with Crippen molar-refractivity contribution in [2.45, 2.75) is 25.4 Å². The molecule has 0 aromatic heterocycles. The normalized spacial score (nSPS) is 12.2. The minimum atomic E-state index is -4.24. The maximum atomic E-state index is 12.3. The van der Waals surface area contributed by atoms with Crippen molar-refractivity contribution < 1.29 is 13.2 Å². The lowest BCUT2D eigenvalue weighted by molar-refractivity contribution is -0.137. The summed E-state index contributed by atoms with van der Waals surface area (Å²) in [4.78, 5) is 0. The first-order valence-corrected chi connectivity index (χ1v) is 6.53. The molecule has 0 aliphatic rings. The Hall–Kier alpha value is -0.770. The van der Waals surface area contributed by atoms with Crippen LogP contribution < -0.4 is 0 Å². The van der Waals surface area contributed by atoms with Crippen molar-refractivity contribution in [1.29, 1.82) is 0 Å².